The number of methoxy groups -OCH3 is 1. The van der Waals surface area contributed by atoms with Crippen molar-refractivity contribution in [1.29, 1.82) is 0 Å². The molecule has 1 aromatic carbocycles. The minimum atomic E-state index is -2.96. The van der Waals surface area contributed by atoms with E-state index in [0.29, 0.717) is 0 Å². The zero-order valence-electron chi connectivity index (χ0n) is 22.6. The van der Waals surface area contributed by atoms with Gasteiger partial charge >= 0.3 is 0 Å². The molecule has 1 saturated carbocycles. The van der Waals surface area contributed by atoms with E-state index in [1.165, 1.54) is 30.3 Å². The standard InChI is InChI=1S/C27H29Cl2F5N4O4S/c1-42-18-12-43(25(22-20(29)14(28)2-7-35-22)26(41)3-5-27(33,34)6-4-26)19(11-39)24(40)23(18)38-10-17(36-37-38)13-8-15(30)21(32)16(31)9-13/h2,7-10,18-19,23-25,39-41,43H,3-6,11-12H2,1H3/t18-,19+,23+,24-,25-/m0/s1. The SMILES string of the molecule is CO[C@H]1C[SH]([C@@H](c2nccc(Cl)c2Cl)C2(O)CCC(F)(F)CC2)[C@H](CO)[C@H](O)[C@@H]1n1cc(-c2cc(F)c(F)c(F)c2)nn1. The molecule has 3 heterocycles. The molecule has 0 bridgehead atoms. The number of benzene rings is 1. The molecule has 16 heteroatoms. The van der Waals surface area contributed by atoms with E-state index in [0.717, 1.165) is 12.1 Å². The van der Waals surface area contributed by atoms with Crippen LogP contribution in [0.15, 0.2) is 30.6 Å². The topological polar surface area (TPSA) is 114 Å². The van der Waals surface area contributed by atoms with Gasteiger partial charge in [-0.25, -0.2) is 37.5 Å². The van der Waals surface area contributed by atoms with E-state index < -0.39 is 88.1 Å². The summed E-state index contributed by atoms with van der Waals surface area (Å²) in [4.78, 5) is 4.38. The fraction of sp³-hybridized carbons (Fsp3) is 0.519. The molecule has 0 amide bonds. The van der Waals surface area contributed by atoms with Gasteiger partial charge < -0.3 is 20.1 Å². The second kappa shape index (κ2) is 12.4. The zero-order chi connectivity index (χ0) is 31.3. The van der Waals surface area contributed by atoms with Gasteiger partial charge in [0.2, 0.25) is 5.92 Å². The van der Waals surface area contributed by atoms with E-state index in [-0.39, 0.29) is 45.6 Å². The van der Waals surface area contributed by atoms with Crippen LogP contribution in [0.2, 0.25) is 10.0 Å². The van der Waals surface area contributed by atoms with E-state index >= 15 is 0 Å². The lowest BCUT2D eigenvalue weighted by Crippen LogP contribution is -2.54. The molecule has 1 unspecified atom stereocenters. The highest BCUT2D eigenvalue weighted by atomic mass is 35.5. The van der Waals surface area contributed by atoms with Crippen LogP contribution >= 0.6 is 34.1 Å². The molecule has 2 fully saturated rings. The van der Waals surface area contributed by atoms with Crippen LogP contribution in [0.5, 0.6) is 0 Å². The Kier molecular flexibility index (Phi) is 9.30. The molecule has 1 aliphatic carbocycles. The number of hydrogen-bond donors (Lipinski definition) is 4. The third-order valence-corrected chi connectivity index (χ3v) is 12.6. The van der Waals surface area contributed by atoms with E-state index in [2.05, 4.69) is 15.3 Å². The van der Waals surface area contributed by atoms with Gasteiger partial charge in [-0.15, -0.1) is 5.10 Å². The molecule has 0 spiro atoms. The lowest BCUT2D eigenvalue weighted by Gasteiger charge is -2.53. The summed E-state index contributed by atoms with van der Waals surface area (Å²) in [7, 11) is -0.300. The number of alkyl halides is 2. The van der Waals surface area contributed by atoms with E-state index in [1.807, 2.05) is 0 Å². The number of aromatic nitrogens is 4. The van der Waals surface area contributed by atoms with Gasteiger partial charge in [0.15, 0.2) is 17.5 Å². The first kappa shape index (κ1) is 32.3. The van der Waals surface area contributed by atoms with Gasteiger partial charge in [-0.2, -0.15) is 0 Å². The van der Waals surface area contributed by atoms with Crippen molar-refractivity contribution in [3.63, 3.8) is 0 Å². The molecular formula is C27H29Cl2F5N4O4S. The Bertz CT molecular complexity index is 1450. The van der Waals surface area contributed by atoms with Crippen molar-refractivity contribution in [2.24, 2.45) is 0 Å². The summed E-state index contributed by atoms with van der Waals surface area (Å²) < 4.78 is 76.6. The smallest absolute Gasteiger partial charge is 0.248 e. The van der Waals surface area contributed by atoms with E-state index in [9.17, 15) is 37.3 Å². The number of rotatable bonds is 7. The second-order valence-corrected chi connectivity index (χ2v) is 14.3. The number of hydrogen-bond acceptors (Lipinski definition) is 7. The second-order valence-electron chi connectivity index (χ2n) is 10.9. The van der Waals surface area contributed by atoms with Crippen LogP contribution in [0.25, 0.3) is 11.3 Å². The highest BCUT2D eigenvalue weighted by Gasteiger charge is 2.55. The minimum absolute atomic E-state index is 0.0153. The first-order valence-corrected chi connectivity index (χ1v) is 15.8. The predicted molar refractivity (Wildman–Crippen MR) is 151 cm³/mol. The monoisotopic (exact) mass is 670 g/mol. The first-order chi connectivity index (χ1) is 20.3. The number of ether oxygens (including phenoxy) is 1. The largest absolute Gasteiger partial charge is 0.395 e. The Balaban J connectivity index is 1.54. The number of halogens is 7. The van der Waals surface area contributed by atoms with Crippen LogP contribution in [0.3, 0.4) is 0 Å². The zero-order valence-corrected chi connectivity index (χ0v) is 25.1. The molecule has 5 rings (SSSR count). The summed E-state index contributed by atoms with van der Waals surface area (Å²) in [6.07, 6.45) is -1.20. The number of nitrogens with zero attached hydrogens (tertiary/aromatic N) is 4. The number of aliphatic hydroxyl groups is 3. The molecule has 1 saturated heterocycles. The van der Waals surface area contributed by atoms with Gasteiger partial charge in [0.05, 0.1) is 51.6 Å². The Morgan fingerprint density at radius 1 is 1.14 bits per heavy atom. The first-order valence-electron chi connectivity index (χ1n) is 13.3. The molecule has 236 valence electrons. The van der Waals surface area contributed by atoms with Crippen LogP contribution in [0.1, 0.15) is 42.7 Å². The summed E-state index contributed by atoms with van der Waals surface area (Å²) in [5.41, 5.74) is -1.64. The van der Waals surface area contributed by atoms with Crippen molar-refractivity contribution in [1.82, 2.24) is 20.0 Å². The summed E-state index contributed by atoms with van der Waals surface area (Å²) in [6, 6.07) is 2.00. The lowest BCUT2D eigenvalue weighted by molar-refractivity contribution is -0.105. The van der Waals surface area contributed by atoms with Gasteiger partial charge in [-0.1, -0.05) is 28.4 Å². The molecule has 3 N–H and O–H groups in total. The van der Waals surface area contributed by atoms with Crippen molar-refractivity contribution in [3.8, 4) is 11.3 Å². The summed E-state index contributed by atoms with van der Waals surface area (Å²) in [5.74, 6) is -7.28. The highest BCUT2D eigenvalue weighted by Crippen LogP contribution is 2.62. The van der Waals surface area contributed by atoms with Crippen molar-refractivity contribution in [2.75, 3.05) is 19.5 Å². The van der Waals surface area contributed by atoms with Crippen molar-refractivity contribution in [2.45, 2.75) is 66.0 Å². The molecular weight excluding hydrogens is 642 g/mol. The Morgan fingerprint density at radius 2 is 1.79 bits per heavy atom. The summed E-state index contributed by atoms with van der Waals surface area (Å²) in [5, 5.41) is 40.4. The Labute approximate surface area is 256 Å². The summed E-state index contributed by atoms with van der Waals surface area (Å²) in [6.45, 7) is -0.559. The van der Waals surface area contributed by atoms with E-state index in [4.69, 9.17) is 27.9 Å². The van der Waals surface area contributed by atoms with Crippen LogP contribution in [0, 0.1) is 17.5 Å². The molecule has 1 aliphatic heterocycles. The average Bonchev–Trinajstić information content (AvgIpc) is 3.45. The molecule has 2 aliphatic rings. The van der Waals surface area contributed by atoms with Gasteiger partial charge in [-0.3, -0.25) is 4.98 Å². The van der Waals surface area contributed by atoms with Crippen LogP contribution in [-0.2, 0) is 4.74 Å². The number of pyridine rings is 1. The number of aliphatic hydroxyl groups excluding tert-OH is 2. The van der Waals surface area contributed by atoms with E-state index in [1.54, 1.807) is 0 Å². The molecule has 6 atom stereocenters. The number of thiol groups is 1. The predicted octanol–water partition coefficient (Wildman–Crippen LogP) is 5.04. The molecule has 43 heavy (non-hydrogen) atoms. The van der Waals surface area contributed by atoms with Crippen LogP contribution in [-0.4, -0.2) is 83.7 Å². The average molecular weight is 672 g/mol. The van der Waals surface area contributed by atoms with Crippen molar-refractivity contribution >= 4 is 34.1 Å². The molecule has 2 aromatic heterocycles. The van der Waals surface area contributed by atoms with Gasteiger partial charge in [0.1, 0.15) is 11.7 Å². The quantitative estimate of drug-likeness (QED) is 0.158. The normalized spacial score (nSPS) is 28.5. The third kappa shape index (κ3) is 6.11. The highest BCUT2D eigenvalue weighted by molar-refractivity contribution is 8.18. The van der Waals surface area contributed by atoms with Gasteiger partial charge in [0.25, 0.3) is 0 Å². The Morgan fingerprint density at radius 3 is 2.40 bits per heavy atom. The maximum Gasteiger partial charge on any atom is 0.248 e. The van der Waals surface area contributed by atoms with Gasteiger partial charge in [0, 0.05) is 42.7 Å². The maximum absolute atomic E-state index is 14.2. The van der Waals surface area contributed by atoms with Crippen LogP contribution < -0.4 is 0 Å². The van der Waals surface area contributed by atoms with Crippen LogP contribution in [0.4, 0.5) is 22.0 Å². The lowest BCUT2D eigenvalue weighted by atomic mass is 9.79. The fourth-order valence-electron chi connectivity index (χ4n) is 6.07. The molecule has 8 nitrogen and oxygen atoms in total. The minimum Gasteiger partial charge on any atom is -0.395 e. The van der Waals surface area contributed by atoms with Crippen molar-refractivity contribution < 1.29 is 42.0 Å². The fourth-order valence-corrected chi connectivity index (χ4v) is 10.3. The maximum atomic E-state index is 14.2. The molecule has 3 aromatic rings. The summed E-state index contributed by atoms with van der Waals surface area (Å²) >= 11 is 12.9. The van der Waals surface area contributed by atoms with Crippen molar-refractivity contribution in [3.05, 3.63) is 63.8 Å². The third-order valence-electron chi connectivity index (χ3n) is 8.34. The Hall–Kier alpha value is -2.07. The van der Waals surface area contributed by atoms with Gasteiger partial charge in [-0.05, 0) is 31.0 Å². The molecule has 0 radical (unpaired) electrons.